The minimum Gasteiger partial charge on any atom is -0.386 e. The number of aliphatic hydroxyl groups is 1. The molecule has 4 heteroatoms. The monoisotopic (exact) mass is 294 g/mol. The first-order valence-corrected chi connectivity index (χ1v) is 7.75. The fourth-order valence-corrected chi connectivity index (χ4v) is 3.68. The summed E-state index contributed by atoms with van der Waals surface area (Å²) in [6.07, 6.45) is 1.26. The van der Waals surface area contributed by atoms with Gasteiger partial charge < -0.3 is 9.67 Å². The summed E-state index contributed by atoms with van der Waals surface area (Å²) in [4.78, 5) is 4.37. The molecule has 0 fully saturated rings. The maximum absolute atomic E-state index is 10.6. The lowest BCUT2D eigenvalue weighted by Crippen LogP contribution is -2.07. The van der Waals surface area contributed by atoms with Crippen LogP contribution < -0.4 is 0 Å². The average Bonchev–Trinajstić information content (AvgIpc) is 3.14. The van der Waals surface area contributed by atoms with Crippen molar-refractivity contribution in [3.63, 3.8) is 0 Å². The lowest BCUT2D eigenvalue weighted by molar-refractivity contribution is 0.159. The van der Waals surface area contributed by atoms with E-state index in [0.717, 1.165) is 21.3 Å². The van der Waals surface area contributed by atoms with Crippen LogP contribution >= 0.6 is 11.3 Å². The second-order valence-corrected chi connectivity index (χ2v) is 6.00. The van der Waals surface area contributed by atoms with E-state index in [-0.39, 0.29) is 0 Å². The van der Waals surface area contributed by atoms with Gasteiger partial charge in [0.2, 0.25) is 0 Å². The van der Waals surface area contributed by atoms with E-state index in [2.05, 4.69) is 22.5 Å². The third-order valence-corrected chi connectivity index (χ3v) is 4.74. The zero-order chi connectivity index (χ0) is 14.2. The van der Waals surface area contributed by atoms with Gasteiger partial charge >= 0.3 is 0 Å². The number of benzene rings is 2. The van der Waals surface area contributed by atoms with Gasteiger partial charge in [-0.05, 0) is 29.0 Å². The molecular weight excluding hydrogens is 280 g/mol. The van der Waals surface area contributed by atoms with Crippen molar-refractivity contribution in [1.82, 2.24) is 9.55 Å². The van der Waals surface area contributed by atoms with Gasteiger partial charge in [-0.15, -0.1) is 11.3 Å². The van der Waals surface area contributed by atoms with E-state index in [0.29, 0.717) is 6.54 Å². The number of rotatable bonds is 3. The van der Waals surface area contributed by atoms with E-state index in [1.165, 1.54) is 5.39 Å². The molecule has 21 heavy (non-hydrogen) atoms. The summed E-state index contributed by atoms with van der Waals surface area (Å²) >= 11 is 1.67. The summed E-state index contributed by atoms with van der Waals surface area (Å²) in [5, 5.41) is 13.9. The molecule has 1 unspecified atom stereocenters. The van der Waals surface area contributed by atoms with Gasteiger partial charge in [-0.25, -0.2) is 4.98 Å². The molecule has 0 aliphatic rings. The van der Waals surface area contributed by atoms with E-state index in [4.69, 9.17) is 0 Å². The summed E-state index contributed by atoms with van der Waals surface area (Å²) in [6, 6.07) is 16.1. The minimum absolute atomic E-state index is 0.511. The van der Waals surface area contributed by atoms with Gasteiger partial charge in [0.15, 0.2) is 0 Å². The van der Waals surface area contributed by atoms with Gasteiger partial charge in [0.05, 0.1) is 30.0 Å². The largest absolute Gasteiger partial charge is 0.386 e. The van der Waals surface area contributed by atoms with Crippen LogP contribution in [0.3, 0.4) is 0 Å². The molecule has 104 valence electrons. The maximum atomic E-state index is 10.6. The van der Waals surface area contributed by atoms with Crippen molar-refractivity contribution < 1.29 is 5.11 Å². The van der Waals surface area contributed by atoms with Gasteiger partial charge in [0, 0.05) is 10.3 Å². The fourth-order valence-electron chi connectivity index (χ4n) is 2.72. The first-order valence-electron chi connectivity index (χ1n) is 6.87. The quantitative estimate of drug-likeness (QED) is 0.620. The zero-order valence-electron chi connectivity index (χ0n) is 11.3. The van der Waals surface area contributed by atoms with Crippen molar-refractivity contribution in [2.24, 2.45) is 0 Å². The van der Waals surface area contributed by atoms with Crippen LogP contribution in [0.15, 0.2) is 60.2 Å². The molecule has 0 amide bonds. The standard InChI is InChI=1S/C17H14N2OS/c20-16(13-5-3-4-12-8-9-21-17(12)13)10-19-11-18-14-6-1-2-7-15(14)19/h1-9,11,16,20H,10H2. The maximum Gasteiger partial charge on any atom is 0.0983 e. The Balaban J connectivity index is 1.72. The number of thiophene rings is 1. The molecule has 0 aliphatic carbocycles. The highest BCUT2D eigenvalue weighted by molar-refractivity contribution is 7.17. The number of hydrogen-bond donors (Lipinski definition) is 1. The molecule has 4 rings (SSSR count). The average molecular weight is 294 g/mol. The van der Waals surface area contributed by atoms with Crippen molar-refractivity contribution in [3.05, 3.63) is 65.8 Å². The number of hydrogen-bond acceptors (Lipinski definition) is 3. The van der Waals surface area contributed by atoms with Crippen molar-refractivity contribution in [1.29, 1.82) is 0 Å². The Morgan fingerprint density at radius 2 is 2.00 bits per heavy atom. The zero-order valence-corrected chi connectivity index (χ0v) is 12.1. The van der Waals surface area contributed by atoms with Crippen molar-refractivity contribution in [2.75, 3.05) is 0 Å². The van der Waals surface area contributed by atoms with Crippen LogP contribution in [0.1, 0.15) is 11.7 Å². The van der Waals surface area contributed by atoms with Gasteiger partial charge in [-0.3, -0.25) is 0 Å². The molecule has 0 saturated heterocycles. The number of fused-ring (bicyclic) bond motifs is 2. The summed E-state index contributed by atoms with van der Waals surface area (Å²) in [5.41, 5.74) is 2.99. The Labute approximate surface area is 126 Å². The second kappa shape index (κ2) is 4.98. The lowest BCUT2D eigenvalue weighted by Gasteiger charge is -2.13. The van der Waals surface area contributed by atoms with Crippen LogP contribution in [-0.2, 0) is 6.54 Å². The molecule has 1 N–H and O–H groups in total. The molecule has 3 nitrogen and oxygen atoms in total. The fraction of sp³-hybridized carbons (Fsp3) is 0.118. The second-order valence-electron chi connectivity index (χ2n) is 5.09. The summed E-state index contributed by atoms with van der Waals surface area (Å²) < 4.78 is 3.17. The van der Waals surface area contributed by atoms with Gasteiger partial charge in [0.25, 0.3) is 0 Å². The van der Waals surface area contributed by atoms with E-state index < -0.39 is 6.10 Å². The van der Waals surface area contributed by atoms with Gasteiger partial charge in [-0.1, -0.05) is 30.3 Å². The molecule has 0 radical (unpaired) electrons. The molecule has 4 aromatic rings. The van der Waals surface area contributed by atoms with Crippen molar-refractivity contribution >= 4 is 32.5 Å². The number of aliphatic hydroxyl groups excluding tert-OH is 1. The highest BCUT2D eigenvalue weighted by Crippen LogP contribution is 2.30. The van der Waals surface area contributed by atoms with Gasteiger partial charge in [0.1, 0.15) is 0 Å². The number of aromatic nitrogens is 2. The Morgan fingerprint density at radius 1 is 1.10 bits per heavy atom. The molecule has 2 heterocycles. The van der Waals surface area contributed by atoms with E-state index in [1.54, 1.807) is 17.7 Å². The topological polar surface area (TPSA) is 38.0 Å². The molecule has 0 spiro atoms. The van der Waals surface area contributed by atoms with Crippen molar-refractivity contribution in [2.45, 2.75) is 12.6 Å². The molecule has 0 saturated carbocycles. The molecular formula is C17H14N2OS. The van der Waals surface area contributed by atoms with Crippen molar-refractivity contribution in [3.8, 4) is 0 Å². The Morgan fingerprint density at radius 3 is 2.95 bits per heavy atom. The highest BCUT2D eigenvalue weighted by atomic mass is 32.1. The van der Waals surface area contributed by atoms with Crippen LogP contribution in [0.25, 0.3) is 21.1 Å². The summed E-state index contributed by atoms with van der Waals surface area (Å²) in [5.74, 6) is 0. The van der Waals surface area contributed by atoms with Crippen LogP contribution in [0.2, 0.25) is 0 Å². The van der Waals surface area contributed by atoms with E-state index in [1.807, 2.05) is 41.0 Å². The Hall–Kier alpha value is -2.17. The smallest absolute Gasteiger partial charge is 0.0983 e. The molecule has 2 aromatic heterocycles. The SMILES string of the molecule is OC(Cn1cnc2ccccc21)c1cccc2ccsc12. The van der Waals surface area contributed by atoms with Crippen LogP contribution in [-0.4, -0.2) is 14.7 Å². The molecule has 2 aromatic carbocycles. The summed E-state index contributed by atoms with van der Waals surface area (Å²) in [6.45, 7) is 0.511. The predicted octanol–water partition coefficient (Wildman–Crippen LogP) is 3.98. The molecule has 1 atom stereocenters. The predicted molar refractivity (Wildman–Crippen MR) is 86.5 cm³/mol. The first kappa shape index (κ1) is 12.6. The highest BCUT2D eigenvalue weighted by Gasteiger charge is 2.14. The molecule has 0 bridgehead atoms. The van der Waals surface area contributed by atoms with Crippen LogP contribution in [0.4, 0.5) is 0 Å². The Bertz CT molecular complexity index is 909. The number of para-hydroxylation sites is 2. The first-order chi connectivity index (χ1) is 10.3. The van der Waals surface area contributed by atoms with E-state index >= 15 is 0 Å². The lowest BCUT2D eigenvalue weighted by atomic mass is 10.1. The minimum atomic E-state index is -0.537. The Kier molecular flexibility index (Phi) is 2.98. The third-order valence-electron chi connectivity index (χ3n) is 3.77. The number of imidazole rings is 1. The third kappa shape index (κ3) is 2.13. The molecule has 0 aliphatic heterocycles. The van der Waals surface area contributed by atoms with Crippen LogP contribution in [0, 0.1) is 0 Å². The number of nitrogens with zero attached hydrogens (tertiary/aromatic N) is 2. The normalized spacial score (nSPS) is 13.0. The van der Waals surface area contributed by atoms with Gasteiger partial charge in [-0.2, -0.15) is 0 Å². The van der Waals surface area contributed by atoms with Crippen LogP contribution in [0.5, 0.6) is 0 Å². The van der Waals surface area contributed by atoms with E-state index in [9.17, 15) is 5.11 Å². The summed E-state index contributed by atoms with van der Waals surface area (Å²) in [7, 11) is 0.